The lowest BCUT2D eigenvalue weighted by Crippen LogP contribution is -2.29. The van der Waals surface area contributed by atoms with E-state index in [2.05, 4.69) is 5.32 Å². The van der Waals surface area contributed by atoms with E-state index in [4.69, 9.17) is 14.6 Å². The Morgan fingerprint density at radius 1 is 1.18 bits per heavy atom. The number of nitrogens with one attached hydrogen (secondary N) is 1. The summed E-state index contributed by atoms with van der Waals surface area (Å²) in [5, 5.41) is 10.7. The molecular weight excluding hydrogens is 290 g/mol. The molecule has 1 aromatic carbocycles. The lowest BCUT2D eigenvalue weighted by molar-refractivity contribution is -0.137. The fraction of sp³-hybridized carbons (Fsp3) is 0.400. The maximum absolute atomic E-state index is 11.5. The number of benzene rings is 1. The second kappa shape index (κ2) is 9.38. The maximum Gasteiger partial charge on any atom is 0.338 e. The Morgan fingerprint density at radius 3 is 2.45 bits per heavy atom. The highest BCUT2D eigenvalue weighted by Crippen LogP contribution is 2.13. The molecule has 0 aliphatic carbocycles. The normalized spacial score (nSPS) is 9.86. The molecule has 2 N–H and O–H groups in total. The van der Waals surface area contributed by atoms with Gasteiger partial charge in [0.05, 0.1) is 18.8 Å². The Balaban J connectivity index is 2.26. The fourth-order valence-electron chi connectivity index (χ4n) is 1.59. The van der Waals surface area contributed by atoms with Crippen LogP contribution in [0.5, 0.6) is 5.75 Å². The molecule has 0 heterocycles. The SMILES string of the molecule is CCOC(=O)c1ccc(OCCCC(=O)NCC(=O)O)cc1. The van der Waals surface area contributed by atoms with E-state index in [0.717, 1.165) is 0 Å². The van der Waals surface area contributed by atoms with E-state index >= 15 is 0 Å². The third-order valence-electron chi connectivity index (χ3n) is 2.62. The number of rotatable bonds is 9. The molecule has 0 radical (unpaired) electrons. The number of hydrogen-bond acceptors (Lipinski definition) is 5. The van der Waals surface area contributed by atoms with Crippen LogP contribution in [0.15, 0.2) is 24.3 Å². The van der Waals surface area contributed by atoms with Gasteiger partial charge in [0.15, 0.2) is 0 Å². The van der Waals surface area contributed by atoms with Crippen molar-refractivity contribution in [2.75, 3.05) is 19.8 Å². The smallest absolute Gasteiger partial charge is 0.338 e. The van der Waals surface area contributed by atoms with Gasteiger partial charge in [-0.2, -0.15) is 0 Å². The van der Waals surface area contributed by atoms with E-state index in [1.807, 2.05) is 0 Å². The molecule has 1 rings (SSSR count). The number of carbonyl (C=O) groups excluding carboxylic acids is 2. The van der Waals surface area contributed by atoms with E-state index in [0.29, 0.717) is 30.9 Å². The van der Waals surface area contributed by atoms with Crippen molar-refractivity contribution >= 4 is 17.8 Å². The van der Waals surface area contributed by atoms with Crippen LogP contribution in [-0.4, -0.2) is 42.7 Å². The van der Waals surface area contributed by atoms with Crippen LogP contribution >= 0.6 is 0 Å². The van der Waals surface area contributed by atoms with E-state index in [1.54, 1.807) is 31.2 Å². The Kier molecular flexibility index (Phi) is 7.45. The van der Waals surface area contributed by atoms with Crippen molar-refractivity contribution in [3.05, 3.63) is 29.8 Å². The van der Waals surface area contributed by atoms with Crippen molar-refractivity contribution in [2.45, 2.75) is 19.8 Å². The number of carbonyl (C=O) groups is 3. The lowest BCUT2D eigenvalue weighted by atomic mass is 10.2. The van der Waals surface area contributed by atoms with Crippen LogP contribution in [0.2, 0.25) is 0 Å². The predicted molar refractivity (Wildman–Crippen MR) is 77.8 cm³/mol. The van der Waals surface area contributed by atoms with Crippen molar-refractivity contribution in [3.63, 3.8) is 0 Å². The van der Waals surface area contributed by atoms with Gasteiger partial charge < -0.3 is 19.9 Å². The molecule has 0 aliphatic rings. The summed E-state index contributed by atoms with van der Waals surface area (Å²) in [5.41, 5.74) is 0.447. The molecule has 0 fully saturated rings. The summed E-state index contributed by atoms with van der Waals surface area (Å²) >= 11 is 0. The zero-order valence-corrected chi connectivity index (χ0v) is 12.3. The summed E-state index contributed by atoms with van der Waals surface area (Å²) in [6, 6.07) is 6.51. The quantitative estimate of drug-likeness (QED) is 0.525. The summed E-state index contributed by atoms with van der Waals surface area (Å²) in [7, 11) is 0. The van der Waals surface area contributed by atoms with E-state index in [9.17, 15) is 14.4 Å². The standard InChI is InChI=1S/C15H19NO6/c1-2-21-15(20)11-5-7-12(8-6-11)22-9-3-4-13(17)16-10-14(18)19/h5-8H,2-4,9-10H2,1H3,(H,16,17)(H,18,19). The number of carboxylic acid groups (broad SMARTS) is 1. The highest BCUT2D eigenvalue weighted by Gasteiger charge is 2.06. The summed E-state index contributed by atoms with van der Waals surface area (Å²) in [5.74, 6) is -1.21. The van der Waals surface area contributed by atoms with Crippen LogP contribution in [0, 0.1) is 0 Å². The largest absolute Gasteiger partial charge is 0.494 e. The van der Waals surface area contributed by atoms with Crippen molar-refractivity contribution < 1.29 is 29.0 Å². The number of hydrogen-bond donors (Lipinski definition) is 2. The molecular formula is C15H19NO6. The Hall–Kier alpha value is -2.57. The zero-order valence-electron chi connectivity index (χ0n) is 12.3. The topological polar surface area (TPSA) is 102 Å². The minimum atomic E-state index is -1.08. The van der Waals surface area contributed by atoms with E-state index in [-0.39, 0.29) is 24.8 Å². The number of aliphatic carboxylic acids is 1. The van der Waals surface area contributed by atoms with Gasteiger partial charge in [-0.05, 0) is 37.6 Å². The summed E-state index contributed by atoms with van der Waals surface area (Å²) in [6.07, 6.45) is 0.652. The van der Waals surface area contributed by atoms with Crippen LogP contribution in [0.25, 0.3) is 0 Å². The Bertz CT molecular complexity index is 511. The van der Waals surface area contributed by atoms with Crippen molar-refractivity contribution in [3.8, 4) is 5.75 Å². The summed E-state index contributed by atoms with van der Waals surface area (Å²) < 4.78 is 10.3. The molecule has 22 heavy (non-hydrogen) atoms. The van der Waals surface area contributed by atoms with Crippen LogP contribution < -0.4 is 10.1 Å². The summed E-state index contributed by atoms with van der Waals surface area (Å²) in [6.45, 7) is 2.00. The van der Waals surface area contributed by atoms with Gasteiger partial charge in [0, 0.05) is 6.42 Å². The highest BCUT2D eigenvalue weighted by atomic mass is 16.5. The van der Waals surface area contributed by atoms with Gasteiger partial charge in [-0.25, -0.2) is 4.79 Å². The van der Waals surface area contributed by atoms with Gasteiger partial charge in [-0.1, -0.05) is 0 Å². The number of esters is 1. The third-order valence-corrected chi connectivity index (χ3v) is 2.62. The molecule has 0 atom stereocenters. The number of carboxylic acids is 1. The molecule has 120 valence electrons. The molecule has 0 bridgehead atoms. The molecule has 0 saturated carbocycles. The monoisotopic (exact) mass is 309 g/mol. The first-order valence-electron chi connectivity index (χ1n) is 6.91. The third kappa shape index (κ3) is 6.74. The zero-order chi connectivity index (χ0) is 16.4. The average molecular weight is 309 g/mol. The summed E-state index contributed by atoms with van der Waals surface area (Å²) in [4.78, 5) is 33.0. The van der Waals surface area contributed by atoms with Gasteiger partial charge in [-0.15, -0.1) is 0 Å². The number of ether oxygens (including phenoxy) is 2. The van der Waals surface area contributed by atoms with Crippen molar-refractivity contribution in [1.82, 2.24) is 5.32 Å². The first-order valence-corrected chi connectivity index (χ1v) is 6.91. The van der Waals surface area contributed by atoms with E-state index in [1.165, 1.54) is 0 Å². The number of amides is 1. The molecule has 0 aromatic heterocycles. The second-order valence-corrected chi connectivity index (χ2v) is 4.37. The Morgan fingerprint density at radius 2 is 1.86 bits per heavy atom. The molecule has 1 amide bonds. The predicted octanol–water partition coefficient (Wildman–Crippen LogP) is 1.22. The molecule has 7 heteroatoms. The molecule has 0 unspecified atom stereocenters. The molecule has 0 saturated heterocycles. The first kappa shape index (κ1) is 17.5. The van der Waals surface area contributed by atoms with Crippen LogP contribution in [0.4, 0.5) is 0 Å². The molecule has 0 aliphatic heterocycles. The molecule has 7 nitrogen and oxygen atoms in total. The Labute approximate surface area is 128 Å². The van der Waals surface area contributed by atoms with Crippen LogP contribution in [-0.2, 0) is 14.3 Å². The molecule has 0 spiro atoms. The van der Waals surface area contributed by atoms with Gasteiger partial charge >= 0.3 is 11.9 Å². The van der Waals surface area contributed by atoms with Crippen molar-refractivity contribution in [2.24, 2.45) is 0 Å². The van der Waals surface area contributed by atoms with Gasteiger partial charge in [0.25, 0.3) is 0 Å². The maximum atomic E-state index is 11.5. The first-order chi connectivity index (χ1) is 10.5. The highest BCUT2D eigenvalue weighted by molar-refractivity contribution is 5.89. The second-order valence-electron chi connectivity index (χ2n) is 4.37. The fourth-order valence-corrected chi connectivity index (χ4v) is 1.59. The average Bonchev–Trinajstić information content (AvgIpc) is 2.50. The lowest BCUT2D eigenvalue weighted by Gasteiger charge is -2.07. The minimum absolute atomic E-state index is 0.189. The van der Waals surface area contributed by atoms with Gasteiger partial charge in [0.2, 0.25) is 5.91 Å². The van der Waals surface area contributed by atoms with E-state index < -0.39 is 5.97 Å². The van der Waals surface area contributed by atoms with Gasteiger partial charge in [-0.3, -0.25) is 9.59 Å². The van der Waals surface area contributed by atoms with Crippen LogP contribution in [0.3, 0.4) is 0 Å². The molecule has 1 aromatic rings. The van der Waals surface area contributed by atoms with Gasteiger partial charge in [0.1, 0.15) is 12.3 Å². The van der Waals surface area contributed by atoms with Crippen LogP contribution in [0.1, 0.15) is 30.1 Å². The minimum Gasteiger partial charge on any atom is -0.494 e. The van der Waals surface area contributed by atoms with Crippen molar-refractivity contribution in [1.29, 1.82) is 0 Å².